The van der Waals surface area contributed by atoms with Crippen LogP contribution < -0.4 is 4.74 Å². The Hall–Kier alpha value is -2.00. The molecule has 2 aromatic carbocycles. The Bertz CT molecular complexity index is 635. The van der Waals surface area contributed by atoms with Gasteiger partial charge in [-0.2, -0.15) is 0 Å². The zero-order chi connectivity index (χ0) is 14.0. The quantitative estimate of drug-likeness (QED) is 0.921. The fourth-order valence-electron chi connectivity index (χ4n) is 1.93. The van der Waals surface area contributed by atoms with Gasteiger partial charge in [0.2, 0.25) is 0 Å². The molecule has 0 aliphatic carbocycles. The van der Waals surface area contributed by atoms with Crippen molar-refractivity contribution in [3.05, 3.63) is 52.5 Å². The van der Waals surface area contributed by atoms with Crippen LogP contribution in [0.25, 0.3) is 11.1 Å². The van der Waals surface area contributed by atoms with Crippen molar-refractivity contribution >= 4 is 17.6 Å². The predicted molar refractivity (Wildman–Crippen MR) is 75.1 cm³/mol. The third-order valence-corrected chi connectivity index (χ3v) is 3.23. The van der Waals surface area contributed by atoms with E-state index < -0.39 is 5.97 Å². The third kappa shape index (κ3) is 2.71. The Morgan fingerprint density at radius 1 is 1.21 bits per heavy atom. The molecule has 0 aliphatic rings. The lowest BCUT2D eigenvalue weighted by Crippen LogP contribution is -1.96. The summed E-state index contributed by atoms with van der Waals surface area (Å²) < 4.78 is 5.21. The Morgan fingerprint density at radius 3 is 2.47 bits per heavy atom. The number of methoxy groups -OCH3 is 1. The SMILES string of the molecule is COc1ccc(-c2ccc(C(=O)O)cc2Cl)cc1C. The van der Waals surface area contributed by atoms with Gasteiger partial charge in [-0.3, -0.25) is 0 Å². The minimum Gasteiger partial charge on any atom is -0.496 e. The monoisotopic (exact) mass is 276 g/mol. The normalized spacial score (nSPS) is 10.3. The standard InChI is InChI=1S/C15H13ClO3/c1-9-7-10(4-6-14(9)19-2)12-5-3-11(15(17)18)8-13(12)16/h3-8H,1-2H3,(H,17,18). The summed E-state index contributed by atoms with van der Waals surface area (Å²) in [5, 5.41) is 9.33. The number of carboxylic acid groups (broad SMARTS) is 1. The number of rotatable bonds is 3. The summed E-state index contributed by atoms with van der Waals surface area (Å²) >= 11 is 6.14. The van der Waals surface area contributed by atoms with Gasteiger partial charge in [-0.15, -0.1) is 0 Å². The summed E-state index contributed by atoms with van der Waals surface area (Å²) in [5.41, 5.74) is 2.91. The van der Waals surface area contributed by atoms with Crippen molar-refractivity contribution in [2.45, 2.75) is 6.92 Å². The second kappa shape index (κ2) is 5.33. The summed E-state index contributed by atoms with van der Waals surface area (Å²) in [6.07, 6.45) is 0. The lowest BCUT2D eigenvalue weighted by Gasteiger charge is -2.09. The molecular weight excluding hydrogens is 264 g/mol. The maximum atomic E-state index is 10.9. The lowest BCUT2D eigenvalue weighted by atomic mass is 10.0. The van der Waals surface area contributed by atoms with Crippen molar-refractivity contribution in [2.75, 3.05) is 7.11 Å². The van der Waals surface area contributed by atoms with E-state index in [0.717, 1.165) is 22.4 Å². The molecule has 0 aliphatic heterocycles. The van der Waals surface area contributed by atoms with E-state index in [4.69, 9.17) is 21.4 Å². The second-order valence-corrected chi connectivity index (χ2v) is 4.59. The number of aryl methyl sites for hydroxylation is 1. The maximum Gasteiger partial charge on any atom is 0.335 e. The Labute approximate surface area is 116 Å². The largest absolute Gasteiger partial charge is 0.496 e. The molecule has 1 N–H and O–H groups in total. The minimum atomic E-state index is -0.987. The van der Waals surface area contributed by atoms with Crippen LogP contribution in [-0.2, 0) is 0 Å². The highest BCUT2D eigenvalue weighted by atomic mass is 35.5. The van der Waals surface area contributed by atoms with E-state index in [2.05, 4.69) is 0 Å². The molecule has 3 nitrogen and oxygen atoms in total. The smallest absolute Gasteiger partial charge is 0.335 e. The van der Waals surface area contributed by atoms with E-state index >= 15 is 0 Å². The topological polar surface area (TPSA) is 46.5 Å². The minimum absolute atomic E-state index is 0.180. The molecule has 0 saturated heterocycles. The Kier molecular flexibility index (Phi) is 3.76. The first-order chi connectivity index (χ1) is 9.02. The van der Waals surface area contributed by atoms with Gasteiger partial charge in [0.15, 0.2) is 0 Å². The highest BCUT2D eigenvalue weighted by molar-refractivity contribution is 6.33. The number of ether oxygens (including phenoxy) is 1. The van der Waals surface area contributed by atoms with Crippen molar-refractivity contribution in [3.63, 3.8) is 0 Å². The number of hydrogen-bond acceptors (Lipinski definition) is 2. The average Bonchev–Trinajstić information content (AvgIpc) is 2.38. The van der Waals surface area contributed by atoms with Crippen LogP contribution in [-0.4, -0.2) is 18.2 Å². The summed E-state index contributed by atoms with van der Waals surface area (Å²) in [4.78, 5) is 10.9. The summed E-state index contributed by atoms with van der Waals surface area (Å²) in [6.45, 7) is 1.95. The molecule has 0 amide bonds. The first-order valence-electron chi connectivity index (χ1n) is 5.71. The van der Waals surface area contributed by atoms with Crippen LogP contribution in [0.4, 0.5) is 0 Å². The number of carbonyl (C=O) groups is 1. The molecule has 0 radical (unpaired) electrons. The molecule has 0 saturated carbocycles. The number of hydrogen-bond donors (Lipinski definition) is 1. The molecule has 2 aromatic rings. The summed E-state index contributed by atoms with van der Waals surface area (Å²) in [7, 11) is 1.62. The number of halogens is 1. The first kappa shape index (κ1) is 13.4. The van der Waals surface area contributed by atoms with Gasteiger partial charge in [-0.1, -0.05) is 23.7 Å². The van der Waals surface area contributed by atoms with Crippen LogP contribution >= 0.6 is 11.6 Å². The fourth-order valence-corrected chi connectivity index (χ4v) is 2.22. The highest BCUT2D eigenvalue weighted by Crippen LogP contribution is 2.31. The Balaban J connectivity index is 2.47. The molecular formula is C15H13ClO3. The van der Waals surface area contributed by atoms with E-state index in [1.807, 2.05) is 25.1 Å². The molecule has 0 atom stereocenters. The molecule has 19 heavy (non-hydrogen) atoms. The molecule has 0 unspecified atom stereocenters. The van der Waals surface area contributed by atoms with Gasteiger partial charge in [-0.05, 0) is 42.3 Å². The zero-order valence-corrected chi connectivity index (χ0v) is 11.4. The highest BCUT2D eigenvalue weighted by Gasteiger charge is 2.09. The fraction of sp³-hybridized carbons (Fsp3) is 0.133. The van der Waals surface area contributed by atoms with E-state index in [1.165, 1.54) is 6.07 Å². The van der Waals surface area contributed by atoms with E-state index in [9.17, 15) is 4.79 Å². The predicted octanol–water partition coefficient (Wildman–Crippen LogP) is 4.02. The van der Waals surface area contributed by atoms with Gasteiger partial charge in [0, 0.05) is 10.6 Å². The maximum absolute atomic E-state index is 10.9. The van der Waals surface area contributed by atoms with Gasteiger partial charge < -0.3 is 9.84 Å². The van der Waals surface area contributed by atoms with Crippen molar-refractivity contribution < 1.29 is 14.6 Å². The van der Waals surface area contributed by atoms with E-state index in [-0.39, 0.29) is 5.56 Å². The summed E-state index contributed by atoms with van der Waals surface area (Å²) in [6, 6.07) is 10.4. The Morgan fingerprint density at radius 2 is 1.95 bits per heavy atom. The molecule has 0 heterocycles. The second-order valence-electron chi connectivity index (χ2n) is 4.18. The molecule has 2 rings (SSSR count). The van der Waals surface area contributed by atoms with Crippen LogP contribution in [0.2, 0.25) is 5.02 Å². The van der Waals surface area contributed by atoms with E-state index in [1.54, 1.807) is 19.2 Å². The van der Waals surface area contributed by atoms with Gasteiger partial charge >= 0.3 is 5.97 Å². The number of aromatic carboxylic acids is 1. The molecule has 0 fully saturated rings. The van der Waals surface area contributed by atoms with Crippen LogP contribution in [0.3, 0.4) is 0 Å². The van der Waals surface area contributed by atoms with Crippen molar-refractivity contribution in [2.24, 2.45) is 0 Å². The van der Waals surface area contributed by atoms with Gasteiger partial charge in [0.25, 0.3) is 0 Å². The van der Waals surface area contributed by atoms with Gasteiger partial charge in [0.1, 0.15) is 5.75 Å². The van der Waals surface area contributed by atoms with Crippen LogP contribution in [0.1, 0.15) is 15.9 Å². The van der Waals surface area contributed by atoms with Crippen molar-refractivity contribution in [1.29, 1.82) is 0 Å². The molecule has 0 aromatic heterocycles. The molecule has 4 heteroatoms. The molecule has 0 bridgehead atoms. The number of carboxylic acids is 1. The number of benzene rings is 2. The summed E-state index contributed by atoms with van der Waals surface area (Å²) in [5.74, 6) is -0.179. The third-order valence-electron chi connectivity index (χ3n) is 2.92. The van der Waals surface area contributed by atoms with Gasteiger partial charge in [0.05, 0.1) is 12.7 Å². The van der Waals surface area contributed by atoms with Crippen LogP contribution in [0.15, 0.2) is 36.4 Å². The van der Waals surface area contributed by atoms with Crippen LogP contribution in [0, 0.1) is 6.92 Å². The van der Waals surface area contributed by atoms with Gasteiger partial charge in [-0.25, -0.2) is 4.79 Å². The average molecular weight is 277 g/mol. The van der Waals surface area contributed by atoms with Crippen molar-refractivity contribution in [3.8, 4) is 16.9 Å². The zero-order valence-electron chi connectivity index (χ0n) is 10.6. The first-order valence-corrected chi connectivity index (χ1v) is 6.08. The molecule has 0 spiro atoms. The molecule has 98 valence electrons. The lowest BCUT2D eigenvalue weighted by molar-refractivity contribution is 0.0697. The van der Waals surface area contributed by atoms with E-state index in [0.29, 0.717) is 5.02 Å². The van der Waals surface area contributed by atoms with Crippen molar-refractivity contribution in [1.82, 2.24) is 0 Å². The van der Waals surface area contributed by atoms with Crippen LogP contribution in [0.5, 0.6) is 5.75 Å².